The van der Waals surface area contributed by atoms with Crippen LogP contribution in [0.4, 0.5) is 5.69 Å². The third-order valence-electron chi connectivity index (χ3n) is 1.66. The van der Waals surface area contributed by atoms with Gasteiger partial charge in [0.1, 0.15) is 6.04 Å². The quantitative estimate of drug-likeness (QED) is 0.735. The van der Waals surface area contributed by atoms with Crippen LogP contribution in [0.1, 0.15) is 12.6 Å². The van der Waals surface area contributed by atoms with Gasteiger partial charge in [-0.15, -0.1) is 0 Å². The molecule has 0 aliphatic heterocycles. The minimum atomic E-state index is -0.874. The number of pyridine rings is 1. The Morgan fingerprint density at radius 1 is 1.62 bits per heavy atom. The molecule has 2 N–H and O–H groups in total. The standard InChI is InChI=1S/C9H12N2O2/c1-6-3-4-8(5-10-6)11-7(2)9(12)13/h3-5,7,11H,1-2H3,(H,12,13). The topological polar surface area (TPSA) is 62.2 Å². The number of aromatic nitrogens is 1. The minimum absolute atomic E-state index is 0.593. The van der Waals surface area contributed by atoms with E-state index in [2.05, 4.69) is 10.3 Å². The molecule has 0 spiro atoms. The number of hydrogen-bond acceptors (Lipinski definition) is 3. The van der Waals surface area contributed by atoms with Gasteiger partial charge in [0.15, 0.2) is 0 Å². The Labute approximate surface area is 76.6 Å². The molecule has 0 saturated heterocycles. The van der Waals surface area contributed by atoms with Crippen LogP contribution < -0.4 is 5.32 Å². The fourth-order valence-corrected chi connectivity index (χ4v) is 0.865. The zero-order chi connectivity index (χ0) is 9.84. The second kappa shape index (κ2) is 3.89. The van der Waals surface area contributed by atoms with E-state index in [0.717, 1.165) is 11.4 Å². The first-order valence-electron chi connectivity index (χ1n) is 4.01. The molecule has 1 rings (SSSR count). The van der Waals surface area contributed by atoms with Crippen molar-refractivity contribution in [1.82, 2.24) is 4.98 Å². The van der Waals surface area contributed by atoms with Gasteiger partial charge in [-0.1, -0.05) is 0 Å². The van der Waals surface area contributed by atoms with E-state index in [1.54, 1.807) is 13.1 Å². The summed E-state index contributed by atoms with van der Waals surface area (Å²) in [7, 11) is 0. The van der Waals surface area contributed by atoms with E-state index in [0.29, 0.717) is 0 Å². The highest BCUT2D eigenvalue weighted by molar-refractivity contribution is 5.76. The summed E-state index contributed by atoms with van der Waals surface area (Å²) in [4.78, 5) is 14.5. The monoisotopic (exact) mass is 180 g/mol. The Hall–Kier alpha value is -1.58. The number of hydrogen-bond donors (Lipinski definition) is 2. The van der Waals surface area contributed by atoms with E-state index < -0.39 is 12.0 Å². The number of anilines is 1. The number of carbonyl (C=O) groups is 1. The van der Waals surface area contributed by atoms with Crippen LogP contribution in [0.5, 0.6) is 0 Å². The highest BCUT2D eigenvalue weighted by atomic mass is 16.4. The van der Waals surface area contributed by atoms with Crippen molar-refractivity contribution in [3.8, 4) is 0 Å². The predicted molar refractivity (Wildman–Crippen MR) is 49.7 cm³/mol. The molecule has 0 aliphatic carbocycles. The van der Waals surface area contributed by atoms with Crippen LogP contribution in [0.25, 0.3) is 0 Å². The normalized spacial score (nSPS) is 12.2. The summed E-state index contributed by atoms with van der Waals surface area (Å²) in [6, 6.07) is 3.04. The Kier molecular flexibility index (Phi) is 2.84. The summed E-state index contributed by atoms with van der Waals surface area (Å²) in [5, 5.41) is 11.4. The summed E-state index contributed by atoms with van der Waals surface area (Å²) < 4.78 is 0. The lowest BCUT2D eigenvalue weighted by atomic mass is 10.3. The average Bonchev–Trinajstić information content (AvgIpc) is 2.08. The van der Waals surface area contributed by atoms with E-state index in [9.17, 15) is 4.79 Å². The van der Waals surface area contributed by atoms with E-state index in [1.807, 2.05) is 19.1 Å². The highest BCUT2D eigenvalue weighted by Gasteiger charge is 2.09. The van der Waals surface area contributed by atoms with Crippen LogP contribution in [0.15, 0.2) is 18.3 Å². The van der Waals surface area contributed by atoms with Crippen LogP contribution in [0.3, 0.4) is 0 Å². The molecule has 1 heterocycles. The number of carboxylic acids is 1. The van der Waals surface area contributed by atoms with Gasteiger partial charge in [0, 0.05) is 5.69 Å². The molecule has 4 heteroatoms. The number of aliphatic carboxylic acids is 1. The van der Waals surface area contributed by atoms with Crippen LogP contribution in [-0.2, 0) is 4.79 Å². The van der Waals surface area contributed by atoms with Gasteiger partial charge in [0.2, 0.25) is 0 Å². The predicted octanol–water partition coefficient (Wildman–Crippen LogP) is 1.28. The van der Waals surface area contributed by atoms with Gasteiger partial charge in [-0.3, -0.25) is 9.78 Å². The van der Waals surface area contributed by atoms with E-state index in [4.69, 9.17) is 5.11 Å². The van der Waals surface area contributed by atoms with Gasteiger partial charge in [0.25, 0.3) is 0 Å². The van der Waals surface area contributed by atoms with Gasteiger partial charge in [-0.25, -0.2) is 0 Å². The molecule has 1 atom stereocenters. The highest BCUT2D eigenvalue weighted by Crippen LogP contribution is 2.06. The smallest absolute Gasteiger partial charge is 0.325 e. The molecular weight excluding hydrogens is 168 g/mol. The largest absolute Gasteiger partial charge is 0.480 e. The van der Waals surface area contributed by atoms with E-state index >= 15 is 0 Å². The number of rotatable bonds is 3. The molecule has 0 saturated carbocycles. The van der Waals surface area contributed by atoms with Gasteiger partial charge in [-0.05, 0) is 26.0 Å². The SMILES string of the molecule is Cc1ccc(NC(C)C(=O)O)cn1. The summed E-state index contributed by atoms with van der Waals surface area (Å²) >= 11 is 0. The van der Waals surface area contributed by atoms with Gasteiger partial charge < -0.3 is 10.4 Å². The molecule has 0 radical (unpaired) electrons. The maximum atomic E-state index is 10.5. The second-order valence-corrected chi connectivity index (χ2v) is 2.89. The van der Waals surface area contributed by atoms with Crippen molar-refractivity contribution in [2.24, 2.45) is 0 Å². The first-order valence-corrected chi connectivity index (χ1v) is 4.01. The maximum absolute atomic E-state index is 10.5. The van der Waals surface area contributed by atoms with Crippen molar-refractivity contribution in [3.63, 3.8) is 0 Å². The zero-order valence-corrected chi connectivity index (χ0v) is 7.61. The van der Waals surface area contributed by atoms with Crippen molar-refractivity contribution in [2.45, 2.75) is 19.9 Å². The third kappa shape index (κ3) is 2.74. The van der Waals surface area contributed by atoms with Crippen LogP contribution >= 0.6 is 0 Å². The molecule has 70 valence electrons. The number of nitrogens with one attached hydrogen (secondary N) is 1. The number of carboxylic acid groups (broad SMARTS) is 1. The van der Waals surface area contributed by atoms with E-state index in [-0.39, 0.29) is 0 Å². The van der Waals surface area contributed by atoms with Crippen molar-refractivity contribution in [1.29, 1.82) is 0 Å². The number of aryl methyl sites for hydroxylation is 1. The summed E-state index contributed by atoms with van der Waals surface area (Å²) in [5.41, 5.74) is 1.63. The molecule has 13 heavy (non-hydrogen) atoms. The Bertz CT molecular complexity index is 295. The van der Waals surface area contributed by atoms with Crippen molar-refractivity contribution < 1.29 is 9.90 Å². The fourth-order valence-electron chi connectivity index (χ4n) is 0.865. The molecule has 1 unspecified atom stereocenters. The van der Waals surface area contributed by atoms with Crippen molar-refractivity contribution >= 4 is 11.7 Å². The maximum Gasteiger partial charge on any atom is 0.325 e. The summed E-state index contributed by atoms with van der Waals surface area (Å²) in [6.07, 6.45) is 1.62. The first-order chi connectivity index (χ1) is 6.09. The molecule has 0 fully saturated rings. The van der Waals surface area contributed by atoms with Gasteiger partial charge in [0.05, 0.1) is 11.9 Å². The molecular formula is C9H12N2O2. The lowest BCUT2D eigenvalue weighted by Gasteiger charge is -2.09. The zero-order valence-electron chi connectivity index (χ0n) is 7.61. The Balaban J connectivity index is 2.64. The molecule has 0 amide bonds. The lowest BCUT2D eigenvalue weighted by Crippen LogP contribution is -2.25. The molecule has 1 aromatic heterocycles. The lowest BCUT2D eigenvalue weighted by molar-refractivity contribution is -0.137. The van der Waals surface area contributed by atoms with E-state index in [1.165, 1.54) is 0 Å². The molecule has 0 aromatic carbocycles. The number of nitrogens with zero attached hydrogens (tertiary/aromatic N) is 1. The van der Waals surface area contributed by atoms with Crippen LogP contribution in [0.2, 0.25) is 0 Å². The van der Waals surface area contributed by atoms with Crippen molar-refractivity contribution in [3.05, 3.63) is 24.0 Å². The van der Waals surface area contributed by atoms with Crippen LogP contribution in [0, 0.1) is 6.92 Å². The second-order valence-electron chi connectivity index (χ2n) is 2.89. The Morgan fingerprint density at radius 2 is 2.31 bits per heavy atom. The molecule has 4 nitrogen and oxygen atoms in total. The molecule has 1 aromatic rings. The fraction of sp³-hybridized carbons (Fsp3) is 0.333. The molecule has 0 aliphatic rings. The first kappa shape index (κ1) is 9.51. The summed E-state index contributed by atoms with van der Waals surface area (Å²) in [5.74, 6) is -0.874. The van der Waals surface area contributed by atoms with Gasteiger partial charge >= 0.3 is 5.97 Å². The van der Waals surface area contributed by atoms with Crippen LogP contribution in [-0.4, -0.2) is 22.1 Å². The average molecular weight is 180 g/mol. The minimum Gasteiger partial charge on any atom is -0.480 e. The third-order valence-corrected chi connectivity index (χ3v) is 1.66. The van der Waals surface area contributed by atoms with Crippen molar-refractivity contribution in [2.75, 3.05) is 5.32 Å². The summed E-state index contributed by atoms with van der Waals surface area (Å²) in [6.45, 7) is 3.46. The van der Waals surface area contributed by atoms with Gasteiger partial charge in [-0.2, -0.15) is 0 Å². The Morgan fingerprint density at radius 3 is 2.77 bits per heavy atom. The molecule has 0 bridgehead atoms.